The summed E-state index contributed by atoms with van der Waals surface area (Å²) in [4.78, 5) is 28.8. The Balaban J connectivity index is 1.56. The first-order chi connectivity index (χ1) is 15.2. The monoisotopic (exact) mass is 413 g/mol. The Morgan fingerprint density at radius 2 is 1.58 bits per heavy atom. The number of amides is 2. The molecule has 31 heavy (non-hydrogen) atoms. The lowest BCUT2D eigenvalue weighted by atomic mass is 9.92. The number of fused-ring (bicyclic) bond motifs is 4. The normalized spacial score (nSPS) is 20.7. The first kappa shape index (κ1) is 17.8. The third-order valence-electron chi connectivity index (χ3n) is 5.96. The maximum atomic E-state index is 13.7. The predicted octanol–water partition coefficient (Wildman–Crippen LogP) is 3.33. The van der Waals surface area contributed by atoms with Gasteiger partial charge in [-0.1, -0.05) is 42.5 Å². The molecule has 7 nitrogen and oxygen atoms in total. The van der Waals surface area contributed by atoms with Gasteiger partial charge in [0, 0.05) is 23.9 Å². The fraction of sp³-hybridized carbons (Fsp3) is 0.167. The number of nitrogens with zero attached hydrogens (tertiary/aromatic N) is 1. The number of anilines is 2. The van der Waals surface area contributed by atoms with Crippen molar-refractivity contribution in [3.05, 3.63) is 83.4 Å². The first-order valence-electron chi connectivity index (χ1n) is 10.2. The Labute approximate surface area is 178 Å². The molecule has 0 saturated heterocycles. The summed E-state index contributed by atoms with van der Waals surface area (Å²) in [5.41, 5.74) is 1.92. The lowest BCUT2D eigenvalue weighted by Gasteiger charge is -2.44. The molecule has 0 fully saturated rings. The molecular weight excluding hydrogens is 394 g/mol. The number of carbonyl (C=O) groups excluding carboxylic acids is 2. The third kappa shape index (κ3) is 2.53. The van der Waals surface area contributed by atoms with Gasteiger partial charge in [0.2, 0.25) is 5.66 Å². The van der Waals surface area contributed by atoms with Crippen LogP contribution in [0, 0.1) is 0 Å². The lowest BCUT2D eigenvalue weighted by molar-refractivity contribution is -0.125. The standard InChI is InChI=1S/C24H19N3O4/c28-22-16-8-4-5-9-18(16)26-24(27(22)14-15-6-2-1-3-7-15)17-12-20-21(31-11-10-30-20)13-19(17)25-23(24)29/h1-9,12-13,26H,10-11,14H2,(H,25,29)/t24-/m1/s1. The SMILES string of the molecule is O=C1c2ccccc2N[C@@]2(C(=O)Nc3cc4c(cc32)OCCO4)N1Cc1ccccc1. The zero-order valence-corrected chi connectivity index (χ0v) is 16.6. The van der Waals surface area contributed by atoms with Crippen LogP contribution < -0.4 is 20.1 Å². The second-order valence-corrected chi connectivity index (χ2v) is 7.75. The number of rotatable bonds is 2. The largest absolute Gasteiger partial charge is 0.486 e. The van der Waals surface area contributed by atoms with Crippen molar-refractivity contribution < 1.29 is 19.1 Å². The van der Waals surface area contributed by atoms with Gasteiger partial charge in [0.15, 0.2) is 11.5 Å². The molecule has 3 aromatic carbocycles. The van der Waals surface area contributed by atoms with Crippen molar-refractivity contribution in [1.82, 2.24) is 4.90 Å². The summed E-state index contributed by atoms with van der Waals surface area (Å²) < 4.78 is 11.5. The number of nitrogens with one attached hydrogen (secondary N) is 2. The van der Waals surface area contributed by atoms with Crippen molar-refractivity contribution in [2.75, 3.05) is 23.8 Å². The highest BCUT2D eigenvalue weighted by Gasteiger charge is 2.56. The average Bonchev–Trinajstić information content (AvgIpc) is 3.06. The molecule has 1 atom stereocenters. The molecule has 7 heteroatoms. The van der Waals surface area contributed by atoms with Gasteiger partial charge in [-0.3, -0.25) is 14.5 Å². The van der Waals surface area contributed by atoms with Crippen LogP contribution in [-0.4, -0.2) is 29.9 Å². The van der Waals surface area contributed by atoms with Crippen LogP contribution >= 0.6 is 0 Å². The van der Waals surface area contributed by atoms with E-state index in [4.69, 9.17) is 9.47 Å². The average molecular weight is 413 g/mol. The Hall–Kier alpha value is -4.00. The minimum absolute atomic E-state index is 0.212. The molecular formula is C24H19N3O4. The van der Waals surface area contributed by atoms with Crippen molar-refractivity contribution in [2.45, 2.75) is 12.2 Å². The molecule has 154 valence electrons. The van der Waals surface area contributed by atoms with E-state index in [0.717, 1.165) is 5.56 Å². The molecule has 2 amide bonds. The Morgan fingerprint density at radius 3 is 2.39 bits per heavy atom. The van der Waals surface area contributed by atoms with E-state index < -0.39 is 5.66 Å². The van der Waals surface area contributed by atoms with Crippen molar-refractivity contribution in [3.8, 4) is 11.5 Å². The summed E-state index contributed by atoms with van der Waals surface area (Å²) in [7, 11) is 0. The van der Waals surface area contributed by atoms with Crippen LogP contribution in [0.15, 0.2) is 66.7 Å². The Bertz CT molecular complexity index is 1230. The van der Waals surface area contributed by atoms with Gasteiger partial charge in [-0.25, -0.2) is 0 Å². The van der Waals surface area contributed by atoms with Crippen LogP contribution in [-0.2, 0) is 17.0 Å². The number of hydrogen-bond acceptors (Lipinski definition) is 5. The predicted molar refractivity (Wildman–Crippen MR) is 114 cm³/mol. The molecule has 6 rings (SSSR count). The highest BCUT2D eigenvalue weighted by Crippen LogP contribution is 2.49. The highest BCUT2D eigenvalue weighted by atomic mass is 16.6. The van der Waals surface area contributed by atoms with E-state index in [9.17, 15) is 9.59 Å². The summed E-state index contributed by atoms with van der Waals surface area (Å²) in [6.07, 6.45) is 0. The first-order valence-corrected chi connectivity index (χ1v) is 10.2. The van der Waals surface area contributed by atoms with Gasteiger partial charge in [-0.15, -0.1) is 0 Å². The van der Waals surface area contributed by atoms with Crippen molar-refractivity contribution in [1.29, 1.82) is 0 Å². The summed E-state index contributed by atoms with van der Waals surface area (Å²) >= 11 is 0. The fourth-order valence-electron chi connectivity index (χ4n) is 4.51. The maximum Gasteiger partial charge on any atom is 0.276 e. The number of hydrogen-bond donors (Lipinski definition) is 2. The van der Waals surface area contributed by atoms with Crippen molar-refractivity contribution in [2.24, 2.45) is 0 Å². The van der Waals surface area contributed by atoms with Crippen LogP contribution in [0.3, 0.4) is 0 Å². The minimum atomic E-state index is -1.40. The molecule has 0 radical (unpaired) electrons. The van der Waals surface area contributed by atoms with Crippen molar-refractivity contribution >= 4 is 23.2 Å². The van der Waals surface area contributed by atoms with Gasteiger partial charge in [-0.2, -0.15) is 0 Å². The lowest BCUT2D eigenvalue weighted by Crippen LogP contribution is -2.60. The minimum Gasteiger partial charge on any atom is -0.486 e. The molecule has 0 aromatic heterocycles. The maximum absolute atomic E-state index is 13.7. The third-order valence-corrected chi connectivity index (χ3v) is 5.96. The molecule has 0 bridgehead atoms. The molecule has 2 N–H and O–H groups in total. The van der Waals surface area contributed by atoms with Gasteiger partial charge in [0.05, 0.1) is 11.3 Å². The van der Waals surface area contributed by atoms with E-state index in [1.165, 1.54) is 0 Å². The van der Waals surface area contributed by atoms with E-state index in [1.54, 1.807) is 23.1 Å². The number of benzene rings is 3. The number of carbonyl (C=O) groups is 2. The molecule has 3 aliphatic heterocycles. The van der Waals surface area contributed by atoms with E-state index in [-0.39, 0.29) is 18.4 Å². The van der Waals surface area contributed by atoms with Gasteiger partial charge in [0.1, 0.15) is 13.2 Å². The topological polar surface area (TPSA) is 79.9 Å². The summed E-state index contributed by atoms with van der Waals surface area (Å²) in [6.45, 7) is 1.15. The van der Waals surface area contributed by atoms with Crippen LogP contribution in [0.4, 0.5) is 11.4 Å². The molecule has 3 aliphatic rings. The van der Waals surface area contributed by atoms with E-state index in [0.29, 0.717) is 47.2 Å². The molecule has 1 spiro atoms. The second-order valence-electron chi connectivity index (χ2n) is 7.75. The van der Waals surface area contributed by atoms with Crippen LogP contribution in [0.1, 0.15) is 21.5 Å². The van der Waals surface area contributed by atoms with E-state index in [2.05, 4.69) is 10.6 Å². The molecule has 3 heterocycles. The van der Waals surface area contributed by atoms with Crippen LogP contribution in [0.2, 0.25) is 0 Å². The summed E-state index contributed by atoms with van der Waals surface area (Å²) in [6, 6.07) is 20.5. The highest BCUT2D eigenvalue weighted by molar-refractivity contribution is 6.14. The van der Waals surface area contributed by atoms with Gasteiger partial charge >= 0.3 is 0 Å². The van der Waals surface area contributed by atoms with Gasteiger partial charge in [-0.05, 0) is 23.8 Å². The molecule has 3 aromatic rings. The zero-order chi connectivity index (χ0) is 21.0. The summed E-state index contributed by atoms with van der Waals surface area (Å²) in [5, 5.41) is 6.33. The van der Waals surface area contributed by atoms with E-state index >= 15 is 0 Å². The fourth-order valence-corrected chi connectivity index (χ4v) is 4.51. The number of ether oxygens (including phenoxy) is 2. The number of para-hydroxylation sites is 1. The second kappa shape index (κ2) is 6.50. The Morgan fingerprint density at radius 1 is 0.871 bits per heavy atom. The molecule has 0 unspecified atom stereocenters. The van der Waals surface area contributed by atoms with Crippen LogP contribution in [0.5, 0.6) is 11.5 Å². The summed E-state index contributed by atoms with van der Waals surface area (Å²) in [5.74, 6) is 0.618. The Kier molecular flexibility index (Phi) is 3.74. The zero-order valence-electron chi connectivity index (χ0n) is 16.6. The van der Waals surface area contributed by atoms with Gasteiger partial charge < -0.3 is 20.1 Å². The van der Waals surface area contributed by atoms with Gasteiger partial charge in [0.25, 0.3) is 11.8 Å². The quantitative estimate of drug-likeness (QED) is 0.674. The molecule has 0 saturated carbocycles. The van der Waals surface area contributed by atoms with Crippen molar-refractivity contribution in [3.63, 3.8) is 0 Å². The van der Waals surface area contributed by atoms with E-state index in [1.807, 2.05) is 48.5 Å². The molecule has 0 aliphatic carbocycles. The van der Waals surface area contributed by atoms with Crippen LogP contribution in [0.25, 0.3) is 0 Å². The smallest absolute Gasteiger partial charge is 0.276 e.